The van der Waals surface area contributed by atoms with E-state index in [1.165, 1.54) is 19.2 Å². The Bertz CT molecular complexity index is 630. The Labute approximate surface area is 124 Å². The van der Waals surface area contributed by atoms with E-state index in [1.807, 2.05) is 24.3 Å². The van der Waals surface area contributed by atoms with Crippen LogP contribution in [0.2, 0.25) is 0 Å². The maximum absolute atomic E-state index is 10.8. The highest BCUT2D eigenvalue weighted by Crippen LogP contribution is 2.24. The van der Waals surface area contributed by atoms with Gasteiger partial charge in [0.15, 0.2) is 0 Å². The van der Waals surface area contributed by atoms with Crippen molar-refractivity contribution in [3.63, 3.8) is 0 Å². The van der Waals surface area contributed by atoms with Crippen LogP contribution in [-0.4, -0.2) is 12.0 Å². The number of ether oxygens (including phenoxy) is 2. The van der Waals surface area contributed by atoms with Gasteiger partial charge in [-0.05, 0) is 29.8 Å². The molecule has 0 saturated heterocycles. The summed E-state index contributed by atoms with van der Waals surface area (Å²) in [7, 11) is 1.47. The second-order valence-electron chi connectivity index (χ2n) is 4.04. The lowest BCUT2D eigenvalue weighted by Crippen LogP contribution is -1.98. The monoisotopic (exact) mass is 337 g/mol. The van der Waals surface area contributed by atoms with Crippen LogP contribution < -0.4 is 9.47 Å². The Morgan fingerprint density at radius 2 is 2.00 bits per heavy atom. The van der Waals surface area contributed by atoms with E-state index in [9.17, 15) is 10.1 Å². The first kappa shape index (κ1) is 14.3. The minimum Gasteiger partial charge on any atom is -0.496 e. The van der Waals surface area contributed by atoms with Crippen molar-refractivity contribution in [2.24, 2.45) is 0 Å². The van der Waals surface area contributed by atoms with Crippen molar-refractivity contribution in [1.82, 2.24) is 0 Å². The first-order valence-electron chi connectivity index (χ1n) is 5.79. The van der Waals surface area contributed by atoms with Gasteiger partial charge < -0.3 is 9.47 Å². The van der Waals surface area contributed by atoms with Crippen LogP contribution in [0.5, 0.6) is 11.5 Å². The number of non-ortho nitro benzene ring substituents is 1. The SMILES string of the molecule is COc1cc(COc2cccc(Br)c2)cc([N+](=O)[O-])c1. The third-order valence-electron chi connectivity index (χ3n) is 2.60. The van der Waals surface area contributed by atoms with Crippen LogP contribution >= 0.6 is 15.9 Å². The number of rotatable bonds is 5. The number of hydrogen-bond donors (Lipinski definition) is 0. The van der Waals surface area contributed by atoms with Gasteiger partial charge in [-0.15, -0.1) is 0 Å². The van der Waals surface area contributed by atoms with Crippen molar-refractivity contribution < 1.29 is 14.4 Å². The van der Waals surface area contributed by atoms with Crippen molar-refractivity contribution in [2.45, 2.75) is 6.61 Å². The average molecular weight is 338 g/mol. The molecule has 0 saturated carbocycles. The van der Waals surface area contributed by atoms with E-state index in [4.69, 9.17) is 9.47 Å². The molecule has 5 nitrogen and oxygen atoms in total. The minimum atomic E-state index is -0.453. The fraction of sp³-hybridized carbons (Fsp3) is 0.143. The Hall–Kier alpha value is -2.08. The molecule has 0 unspecified atom stereocenters. The summed E-state index contributed by atoms with van der Waals surface area (Å²) in [5, 5.41) is 10.8. The van der Waals surface area contributed by atoms with E-state index in [2.05, 4.69) is 15.9 Å². The Balaban J connectivity index is 2.16. The molecule has 104 valence electrons. The summed E-state index contributed by atoms with van der Waals surface area (Å²) in [5.74, 6) is 1.12. The van der Waals surface area contributed by atoms with Crippen LogP contribution in [0.25, 0.3) is 0 Å². The topological polar surface area (TPSA) is 61.6 Å². The van der Waals surface area contributed by atoms with E-state index >= 15 is 0 Å². The molecule has 0 aromatic heterocycles. The van der Waals surface area contributed by atoms with Gasteiger partial charge in [0.2, 0.25) is 0 Å². The molecule has 0 aliphatic rings. The highest BCUT2D eigenvalue weighted by atomic mass is 79.9. The molecule has 0 heterocycles. The minimum absolute atomic E-state index is 0.0165. The van der Waals surface area contributed by atoms with E-state index < -0.39 is 4.92 Å². The molecule has 0 bridgehead atoms. The lowest BCUT2D eigenvalue weighted by molar-refractivity contribution is -0.385. The first-order chi connectivity index (χ1) is 9.58. The van der Waals surface area contributed by atoms with Gasteiger partial charge >= 0.3 is 0 Å². The molecule has 6 heteroatoms. The highest BCUT2D eigenvalue weighted by molar-refractivity contribution is 9.10. The third-order valence-corrected chi connectivity index (χ3v) is 3.09. The molecule has 0 aliphatic heterocycles. The molecule has 2 aromatic rings. The highest BCUT2D eigenvalue weighted by Gasteiger charge is 2.10. The maximum Gasteiger partial charge on any atom is 0.273 e. The summed E-state index contributed by atoms with van der Waals surface area (Å²) >= 11 is 3.35. The number of benzene rings is 2. The van der Waals surface area contributed by atoms with Gasteiger partial charge in [-0.25, -0.2) is 0 Å². The summed E-state index contributed by atoms with van der Waals surface area (Å²) in [6.07, 6.45) is 0. The standard InChI is InChI=1S/C14H12BrNO4/c1-19-14-6-10(5-12(8-14)16(17)18)9-20-13-4-2-3-11(15)7-13/h2-8H,9H2,1H3. The lowest BCUT2D eigenvalue weighted by Gasteiger charge is -2.08. The molecular weight excluding hydrogens is 326 g/mol. The molecule has 0 atom stereocenters. The number of nitro benzene ring substituents is 1. The van der Waals surface area contributed by atoms with Crippen molar-refractivity contribution in [2.75, 3.05) is 7.11 Å². The maximum atomic E-state index is 10.8. The molecule has 0 spiro atoms. The quantitative estimate of drug-likeness (QED) is 0.612. The zero-order chi connectivity index (χ0) is 14.5. The largest absolute Gasteiger partial charge is 0.496 e. The fourth-order valence-corrected chi connectivity index (χ4v) is 2.05. The number of methoxy groups -OCH3 is 1. The normalized spacial score (nSPS) is 10.1. The number of nitrogens with zero attached hydrogens (tertiary/aromatic N) is 1. The van der Waals surface area contributed by atoms with Crippen LogP contribution in [0.1, 0.15) is 5.56 Å². The molecule has 0 fully saturated rings. The zero-order valence-corrected chi connectivity index (χ0v) is 12.3. The van der Waals surface area contributed by atoms with Crippen LogP contribution in [0.4, 0.5) is 5.69 Å². The fourth-order valence-electron chi connectivity index (χ4n) is 1.67. The number of hydrogen-bond acceptors (Lipinski definition) is 4. The molecule has 0 radical (unpaired) electrons. The molecule has 0 amide bonds. The predicted molar refractivity (Wildman–Crippen MR) is 78.1 cm³/mol. The van der Waals surface area contributed by atoms with E-state index in [0.717, 1.165) is 4.47 Å². The van der Waals surface area contributed by atoms with Gasteiger partial charge in [0.25, 0.3) is 5.69 Å². The van der Waals surface area contributed by atoms with Crippen LogP contribution in [0.15, 0.2) is 46.9 Å². The Morgan fingerprint density at radius 1 is 1.20 bits per heavy atom. The van der Waals surface area contributed by atoms with Gasteiger partial charge in [0.05, 0.1) is 18.1 Å². The van der Waals surface area contributed by atoms with Gasteiger partial charge in [0.1, 0.15) is 18.1 Å². The van der Waals surface area contributed by atoms with Crippen molar-refractivity contribution >= 4 is 21.6 Å². The van der Waals surface area contributed by atoms with Crippen molar-refractivity contribution in [1.29, 1.82) is 0 Å². The second-order valence-corrected chi connectivity index (χ2v) is 4.96. The molecule has 20 heavy (non-hydrogen) atoms. The van der Waals surface area contributed by atoms with E-state index in [-0.39, 0.29) is 12.3 Å². The summed E-state index contributed by atoms with van der Waals surface area (Å²) < 4.78 is 11.6. The van der Waals surface area contributed by atoms with E-state index in [1.54, 1.807) is 6.07 Å². The molecular formula is C14H12BrNO4. The number of nitro groups is 1. The summed E-state index contributed by atoms with van der Waals surface area (Å²) in [6.45, 7) is 0.231. The van der Waals surface area contributed by atoms with Gasteiger partial charge in [0, 0.05) is 10.5 Å². The number of halogens is 1. The third kappa shape index (κ3) is 3.71. The van der Waals surface area contributed by atoms with Crippen molar-refractivity contribution in [3.8, 4) is 11.5 Å². The molecule has 0 N–H and O–H groups in total. The van der Waals surface area contributed by atoms with Crippen LogP contribution in [0, 0.1) is 10.1 Å². The predicted octanol–water partition coefficient (Wildman–Crippen LogP) is 3.94. The lowest BCUT2D eigenvalue weighted by atomic mass is 10.2. The molecule has 2 aromatic carbocycles. The summed E-state index contributed by atoms with van der Waals surface area (Å²) in [4.78, 5) is 10.4. The van der Waals surface area contributed by atoms with Crippen LogP contribution in [-0.2, 0) is 6.61 Å². The molecule has 0 aliphatic carbocycles. The Morgan fingerprint density at radius 3 is 2.65 bits per heavy atom. The van der Waals surface area contributed by atoms with Gasteiger partial charge in [-0.1, -0.05) is 22.0 Å². The molecule has 2 rings (SSSR count). The smallest absolute Gasteiger partial charge is 0.273 e. The zero-order valence-electron chi connectivity index (χ0n) is 10.7. The Kier molecular flexibility index (Phi) is 4.57. The summed E-state index contributed by atoms with van der Waals surface area (Å²) in [6, 6.07) is 12.0. The first-order valence-corrected chi connectivity index (χ1v) is 6.58. The average Bonchev–Trinajstić information content (AvgIpc) is 2.45. The van der Waals surface area contributed by atoms with E-state index in [0.29, 0.717) is 17.1 Å². The second kappa shape index (κ2) is 6.38. The van der Waals surface area contributed by atoms with Crippen LogP contribution in [0.3, 0.4) is 0 Å². The van der Waals surface area contributed by atoms with Gasteiger partial charge in [-0.3, -0.25) is 10.1 Å². The van der Waals surface area contributed by atoms with Crippen molar-refractivity contribution in [3.05, 3.63) is 62.6 Å². The van der Waals surface area contributed by atoms with Gasteiger partial charge in [-0.2, -0.15) is 0 Å². The summed E-state index contributed by atoms with van der Waals surface area (Å²) in [5.41, 5.74) is 0.660.